The molecule has 0 amide bonds. The number of benzene rings is 2. The number of ether oxygens (including phenoxy) is 2. The van der Waals surface area contributed by atoms with Crippen molar-refractivity contribution in [1.82, 2.24) is 0 Å². The van der Waals surface area contributed by atoms with Crippen LogP contribution < -0.4 is 15.1 Å². The SMILES string of the molecule is COc1cc(C)c2c(oc(=O)c3cccc(OC)c32)c1Cl. The van der Waals surface area contributed by atoms with Crippen LogP contribution in [-0.4, -0.2) is 14.2 Å². The molecule has 3 rings (SSSR count). The third kappa shape index (κ3) is 1.94. The van der Waals surface area contributed by atoms with Crippen LogP contribution in [0.25, 0.3) is 21.7 Å². The van der Waals surface area contributed by atoms with Gasteiger partial charge in [0.2, 0.25) is 0 Å². The first-order chi connectivity index (χ1) is 10.1. The van der Waals surface area contributed by atoms with Crippen LogP contribution in [0.1, 0.15) is 5.56 Å². The van der Waals surface area contributed by atoms with E-state index in [9.17, 15) is 4.79 Å². The summed E-state index contributed by atoms with van der Waals surface area (Å²) >= 11 is 6.28. The Morgan fingerprint density at radius 2 is 1.81 bits per heavy atom. The summed E-state index contributed by atoms with van der Waals surface area (Å²) in [5, 5.41) is 2.20. The van der Waals surface area contributed by atoms with Crippen molar-refractivity contribution in [2.45, 2.75) is 6.92 Å². The zero-order valence-corrected chi connectivity index (χ0v) is 12.6. The molecule has 0 aliphatic carbocycles. The first-order valence-corrected chi connectivity index (χ1v) is 6.73. The summed E-state index contributed by atoms with van der Waals surface area (Å²) in [5.74, 6) is 1.08. The highest BCUT2D eigenvalue weighted by atomic mass is 35.5. The van der Waals surface area contributed by atoms with Crippen molar-refractivity contribution in [2.24, 2.45) is 0 Å². The van der Waals surface area contributed by atoms with Gasteiger partial charge in [0.05, 0.1) is 19.6 Å². The van der Waals surface area contributed by atoms with Crippen LogP contribution in [0.3, 0.4) is 0 Å². The predicted molar refractivity (Wildman–Crippen MR) is 82.8 cm³/mol. The molecule has 0 spiro atoms. The average molecular weight is 305 g/mol. The van der Waals surface area contributed by atoms with E-state index in [1.165, 1.54) is 7.11 Å². The van der Waals surface area contributed by atoms with Gasteiger partial charge in [-0.15, -0.1) is 0 Å². The number of aryl methyl sites for hydroxylation is 1. The van der Waals surface area contributed by atoms with Crippen LogP contribution in [0.4, 0.5) is 0 Å². The minimum absolute atomic E-state index is 0.281. The number of rotatable bonds is 2. The molecule has 0 radical (unpaired) electrons. The highest BCUT2D eigenvalue weighted by molar-refractivity contribution is 6.37. The summed E-state index contributed by atoms with van der Waals surface area (Å²) in [6.45, 7) is 1.91. The maximum absolute atomic E-state index is 12.2. The van der Waals surface area contributed by atoms with E-state index < -0.39 is 5.63 Å². The fourth-order valence-electron chi connectivity index (χ4n) is 2.56. The molecule has 1 aromatic heterocycles. The fraction of sp³-hybridized carbons (Fsp3) is 0.188. The zero-order chi connectivity index (χ0) is 15.1. The van der Waals surface area contributed by atoms with Gasteiger partial charge in [-0.3, -0.25) is 0 Å². The number of hydrogen-bond acceptors (Lipinski definition) is 4. The quantitative estimate of drug-likeness (QED) is 0.532. The lowest BCUT2D eigenvalue weighted by atomic mass is 10.0. The first kappa shape index (κ1) is 13.8. The Morgan fingerprint density at radius 1 is 1.10 bits per heavy atom. The smallest absolute Gasteiger partial charge is 0.344 e. The second-order valence-electron chi connectivity index (χ2n) is 4.69. The summed E-state index contributed by atoms with van der Waals surface area (Å²) in [5.41, 5.74) is 0.756. The van der Waals surface area contributed by atoms with Crippen LogP contribution >= 0.6 is 11.6 Å². The Kier molecular flexibility index (Phi) is 3.26. The molecule has 108 valence electrons. The summed E-state index contributed by atoms with van der Waals surface area (Å²) in [4.78, 5) is 12.2. The van der Waals surface area contributed by atoms with E-state index in [1.807, 2.05) is 13.0 Å². The van der Waals surface area contributed by atoms with Gasteiger partial charge in [0, 0.05) is 10.8 Å². The summed E-state index contributed by atoms with van der Waals surface area (Å²) in [6.07, 6.45) is 0. The minimum Gasteiger partial charge on any atom is -0.496 e. The van der Waals surface area contributed by atoms with E-state index in [0.717, 1.165) is 10.9 Å². The van der Waals surface area contributed by atoms with Crippen molar-refractivity contribution < 1.29 is 13.9 Å². The molecule has 21 heavy (non-hydrogen) atoms. The molecule has 4 nitrogen and oxygen atoms in total. The van der Waals surface area contributed by atoms with E-state index in [2.05, 4.69) is 0 Å². The standard InChI is InChI=1S/C16H13ClO4/c1-8-7-11(20-3)14(17)15-12(8)13-9(16(18)21-15)5-4-6-10(13)19-2/h4-7H,1-3H3. The van der Waals surface area contributed by atoms with Crippen LogP contribution in [0, 0.1) is 6.92 Å². The third-order valence-corrected chi connectivity index (χ3v) is 3.87. The topological polar surface area (TPSA) is 48.7 Å². The molecule has 0 N–H and O–H groups in total. The summed E-state index contributed by atoms with van der Waals surface area (Å²) < 4.78 is 16.0. The first-order valence-electron chi connectivity index (χ1n) is 6.35. The van der Waals surface area contributed by atoms with Crippen molar-refractivity contribution in [3.63, 3.8) is 0 Å². The van der Waals surface area contributed by atoms with E-state index in [-0.39, 0.29) is 5.02 Å². The van der Waals surface area contributed by atoms with Gasteiger partial charge in [0.1, 0.15) is 16.5 Å². The van der Waals surface area contributed by atoms with Gasteiger partial charge in [-0.05, 0) is 30.7 Å². The molecule has 1 heterocycles. The van der Waals surface area contributed by atoms with Gasteiger partial charge in [-0.25, -0.2) is 4.79 Å². The largest absolute Gasteiger partial charge is 0.496 e. The van der Waals surface area contributed by atoms with Gasteiger partial charge >= 0.3 is 5.63 Å². The number of fused-ring (bicyclic) bond motifs is 3. The highest BCUT2D eigenvalue weighted by Gasteiger charge is 2.18. The molecule has 0 aliphatic heterocycles. The molecular weight excluding hydrogens is 292 g/mol. The Labute approximate surface area is 125 Å². The zero-order valence-electron chi connectivity index (χ0n) is 11.8. The van der Waals surface area contributed by atoms with Crippen molar-refractivity contribution in [3.05, 3.63) is 45.3 Å². The fourth-order valence-corrected chi connectivity index (χ4v) is 2.83. The average Bonchev–Trinajstić information content (AvgIpc) is 2.50. The molecule has 0 saturated heterocycles. The van der Waals surface area contributed by atoms with Crippen molar-refractivity contribution in [1.29, 1.82) is 0 Å². The summed E-state index contributed by atoms with van der Waals surface area (Å²) in [7, 11) is 3.09. The third-order valence-electron chi connectivity index (χ3n) is 3.52. The lowest BCUT2D eigenvalue weighted by Gasteiger charge is -2.12. The van der Waals surface area contributed by atoms with E-state index in [1.54, 1.807) is 25.3 Å². The van der Waals surface area contributed by atoms with Crippen LogP contribution in [0.2, 0.25) is 5.02 Å². The summed E-state index contributed by atoms with van der Waals surface area (Å²) in [6, 6.07) is 7.08. The van der Waals surface area contributed by atoms with Crippen molar-refractivity contribution >= 4 is 33.3 Å². The molecule has 0 saturated carbocycles. The predicted octanol–water partition coefficient (Wildman–Crippen LogP) is 3.93. The van der Waals surface area contributed by atoms with Crippen LogP contribution in [0.15, 0.2) is 33.5 Å². The molecule has 0 atom stereocenters. The second kappa shape index (κ2) is 4.97. The molecule has 2 aromatic carbocycles. The molecule has 0 bridgehead atoms. The van der Waals surface area contributed by atoms with Gasteiger partial charge in [-0.2, -0.15) is 0 Å². The lowest BCUT2D eigenvalue weighted by Crippen LogP contribution is -2.02. The van der Waals surface area contributed by atoms with Gasteiger partial charge in [-0.1, -0.05) is 17.7 Å². The number of methoxy groups -OCH3 is 2. The number of halogens is 1. The van der Waals surface area contributed by atoms with E-state index in [0.29, 0.717) is 27.9 Å². The molecule has 0 aliphatic rings. The van der Waals surface area contributed by atoms with Crippen LogP contribution in [0.5, 0.6) is 11.5 Å². The van der Waals surface area contributed by atoms with E-state index >= 15 is 0 Å². The second-order valence-corrected chi connectivity index (χ2v) is 5.06. The normalized spacial score (nSPS) is 11.0. The van der Waals surface area contributed by atoms with Gasteiger partial charge < -0.3 is 13.9 Å². The Morgan fingerprint density at radius 3 is 2.48 bits per heavy atom. The van der Waals surface area contributed by atoms with Gasteiger partial charge in [0.15, 0.2) is 5.58 Å². The maximum atomic E-state index is 12.2. The van der Waals surface area contributed by atoms with Crippen LogP contribution in [-0.2, 0) is 0 Å². The molecule has 0 unspecified atom stereocenters. The monoisotopic (exact) mass is 304 g/mol. The number of hydrogen-bond donors (Lipinski definition) is 0. The molecule has 0 fully saturated rings. The molecular formula is C16H13ClO4. The van der Waals surface area contributed by atoms with Crippen molar-refractivity contribution in [2.75, 3.05) is 14.2 Å². The van der Waals surface area contributed by atoms with Crippen molar-refractivity contribution in [3.8, 4) is 11.5 Å². The highest BCUT2D eigenvalue weighted by Crippen LogP contribution is 2.40. The Hall–Kier alpha value is -2.20. The molecule has 5 heteroatoms. The Bertz CT molecular complexity index is 912. The maximum Gasteiger partial charge on any atom is 0.344 e. The lowest BCUT2D eigenvalue weighted by molar-refractivity contribution is 0.414. The van der Waals surface area contributed by atoms with Gasteiger partial charge in [0.25, 0.3) is 0 Å². The molecule has 3 aromatic rings. The van der Waals surface area contributed by atoms with E-state index in [4.69, 9.17) is 25.5 Å². The minimum atomic E-state index is -0.453. The Balaban J connectivity index is 2.67.